The Bertz CT molecular complexity index is 637. The molecule has 3 heteroatoms. The zero-order chi connectivity index (χ0) is 16.7. The van der Waals surface area contributed by atoms with Gasteiger partial charge in [0.25, 0.3) is 0 Å². The number of carbonyl (C=O) groups is 1. The quantitative estimate of drug-likeness (QED) is 0.843. The van der Waals surface area contributed by atoms with Crippen molar-refractivity contribution in [3.63, 3.8) is 0 Å². The highest BCUT2D eigenvalue weighted by molar-refractivity contribution is 5.76. The summed E-state index contributed by atoms with van der Waals surface area (Å²) in [5, 5.41) is 3.01. The van der Waals surface area contributed by atoms with Crippen molar-refractivity contribution in [2.75, 3.05) is 13.7 Å². The van der Waals surface area contributed by atoms with Crippen molar-refractivity contribution < 1.29 is 9.53 Å². The number of ether oxygens (including phenoxy) is 1. The Morgan fingerprint density at radius 3 is 2.61 bits per heavy atom. The maximum absolute atomic E-state index is 12.1. The minimum absolute atomic E-state index is 0.0907. The van der Waals surface area contributed by atoms with Crippen molar-refractivity contribution >= 4 is 5.91 Å². The van der Waals surface area contributed by atoms with Crippen LogP contribution in [0.4, 0.5) is 0 Å². The first kappa shape index (κ1) is 17.1. The molecule has 2 aromatic carbocycles. The molecule has 0 saturated carbocycles. The molecule has 0 aliphatic carbocycles. The molecule has 1 atom stereocenters. The summed E-state index contributed by atoms with van der Waals surface area (Å²) in [6.07, 6.45) is 1.28. The van der Waals surface area contributed by atoms with Gasteiger partial charge < -0.3 is 10.1 Å². The van der Waals surface area contributed by atoms with Crippen LogP contribution in [-0.4, -0.2) is 19.6 Å². The van der Waals surface area contributed by atoms with Crippen molar-refractivity contribution in [1.82, 2.24) is 5.32 Å². The number of aryl methyl sites for hydroxylation is 1. The molecule has 0 bridgehead atoms. The van der Waals surface area contributed by atoms with Gasteiger partial charge in [0.2, 0.25) is 5.91 Å². The summed E-state index contributed by atoms with van der Waals surface area (Å²) in [6.45, 7) is 4.77. The molecule has 3 nitrogen and oxygen atoms in total. The first-order valence-electron chi connectivity index (χ1n) is 8.05. The summed E-state index contributed by atoms with van der Waals surface area (Å²) in [5.74, 6) is 1.19. The van der Waals surface area contributed by atoms with E-state index >= 15 is 0 Å². The number of hydrogen-bond acceptors (Lipinski definition) is 2. The third-order valence-electron chi connectivity index (χ3n) is 4.01. The van der Waals surface area contributed by atoms with Crippen LogP contribution in [0.2, 0.25) is 0 Å². The predicted molar refractivity (Wildman–Crippen MR) is 93.9 cm³/mol. The Hall–Kier alpha value is -2.29. The van der Waals surface area contributed by atoms with Crippen LogP contribution in [0.3, 0.4) is 0 Å². The third kappa shape index (κ3) is 5.13. The lowest BCUT2D eigenvalue weighted by Crippen LogP contribution is -2.26. The molecular formula is C20H25NO2. The van der Waals surface area contributed by atoms with E-state index in [1.54, 1.807) is 7.11 Å². The van der Waals surface area contributed by atoms with E-state index in [-0.39, 0.29) is 11.8 Å². The molecule has 0 fully saturated rings. The fraction of sp³-hybridized carbons (Fsp3) is 0.350. The van der Waals surface area contributed by atoms with E-state index in [1.807, 2.05) is 30.3 Å². The first-order chi connectivity index (χ1) is 11.1. The van der Waals surface area contributed by atoms with Gasteiger partial charge in [0.05, 0.1) is 7.11 Å². The Morgan fingerprint density at radius 1 is 1.17 bits per heavy atom. The number of nitrogens with one attached hydrogen (secondary N) is 1. The normalized spacial score (nSPS) is 11.8. The van der Waals surface area contributed by atoms with Gasteiger partial charge in [-0.2, -0.15) is 0 Å². The second-order valence-corrected chi connectivity index (χ2v) is 5.93. The van der Waals surface area contributed by atoms with Gasteiger partial charge in [0.15, 0.2) is 0 Å². The summed E-state index contributed by atoms with van der Waals surface area (Å²) < 4.78 is 5.37. The first-order valence-corrected chi connectivity index (χ1v) is 8.05. The number of rotatable bonds is 7. The molecule has 0 aliphatic heterocycles. The molecule has 0 saturated heterocycles. The number of amides is 1. The molecular weight excluding hydrogens is 286 g/mol. The van der Waals surface area contributed by atoms with Gasteiger partial charge in [-0.05, 0) is 36.5 Å². The van der Waals surface area contributed by atoms with E-state index in [4.69, 9.17) is 4.74 Å². The van der Waals surface area contributed by atoms with Crippen LogP contribution < -0.4 is 10.1 Å². The fourth-order valence-corrected chi connectivity index (χ4v) is 2.69. The number of benzene rings is 2. The molecule has 2 aromatic rings. The monoisotopic (exact) mass is 311 g/mol. The molecule has 0 aromatic heterocycles. The summed E-state index contributed by atoms with van der Waals surface area (Å²) >= 11 is 0. The second-order valence-electron chi connectivity index (χ2n) is 5.93. The molecule has 2 rings (SSSR count). The average Bonchev–Trinajstić information content (AvgIpc) is 2.56. The second kappa shape index (κ2) is 8.37. The van der Waals surface area contributed by atoms with E-state index in [1.165, 1.54) is 11.1 Å². The SMILES string of the molecule is COc1ccc(C)cc1CCNC(=O)CC(C)c1ccccc1. The highest BCUT2D eigenvalue weighted by Crippen LogP contribution is 2.20. The fourth-order valence-electron chi connectivity index (χ4n) is 2.69. The largest absolute Gasteiger partial charge is 0.496 e. The van der Waals surface area contributed by atoms with Crippen LogP contribution in [0.25, 0.3) is 0 Å². The van der Waals surface area contributed by atoms with Gasteiger partial charge in [0, 0.05) is 13.0 Å². The highest BCUT2D eigenvalue weighted by atomic mass is 16.5. The minimum atomic E-state index is 0.0907. The van der Waals surface area contributed by atoms with Crippen molar-refractivity contribution in [2.45, 2.75) is 32.6 Å². The van der Waals surface area contributed by atoms with Crippen LogP contribution in [0.15, 0.2) is 48.5 Å². The zero-order valence-electron chi connectivity index (χ0n) is 14.1. The number of hydrogen-bond donors (Lipinski definition) is 1. The summed E-state index contributed by atoms with van der Waals surface area (Å²) in [6, 6.07) is 16.3. The summed E-state index contributed by atoms with van der Waals surface area (Å²) in [4.78, 5) is 12.1. The van der Waals surface area contributed by atoms with Crippen molar-refractivity contribution in [1.29, 1.82) is 0 Å². The summed E-state index contributed by atoms with van der Waals surface area (Å²) in [5.41, 5.74) is 3.52. The molecule has 0 spiro atoms. The number of methoxy groups -OCH3 is 1. The van der Waals surface area contributed by atoms with Crippen LogP contribution in [-0.2, 0) is 11.2 Å². The number of carbonyl (C=O) groups excluding carboxylic acids is 1. The smallest absolute Gasteiger partial charge is 0.220 e. The van der Waals surface area contributed by atoms with Gasteiger partial charge in [-0.3, -0.25) is 4.79 Å². The highest BCUT2D eigenvalue weighted by Gasteiger charge is 2.11. The summed E-state index contributed by atoms with van der Waals surface area (Å²) in [7, 11) is 1.67. The third-order valence-corrected chi connectivity index (χ3v) is 4.01. The van der Waals surface area contributed by atoms with Crippen LogP contribution in [0.5, 0.6) is 5.75 Å². The lowest BCUT2D eigenvalue weighted by Gasteiger charge is -2.13. The lowest BCUT2D eigenvalue weighted by molar-refractivity contribution is -0.121. The van der Waals surface area contributed by atoms with E-state index in [0.717, 1.165) is 17.7 Å². The molecule has 23 heavy (non-hydrogen) atoms. The van der Waals surface area contributed by atoms with Crippen molar-refractivity contribution in [2.24, 2.45) is 0 Å². The van der Waals surface area contributed by atoms with Gasteiger partial charge in [-0.1, -0.05) is 55.0 Å². The Labute approximate surface area is 138 Å². The topological polar surface area (TPSA) is 38.3 Å². The van der Waals surface area contributed by atoms with Crippen LogP contribution in [0, 0.1) is 6.92 Å². The van der Waals surface area contributed by atoms with E-state index in [9.17, 15) is 4.79 Å². The Balaban J connectivity index is 1.82. The standard InChI is InChI=1S/C20H25NO2/c1-15-9-10-19(23-3)18(13-15)11-12-21-20(22)14-16(2)17-7-5-4-6-8-17/h4-10,13,16H,11-12,14H2,1-3H3,(H,21,22). The molecule has 1 unspecified atom stereocenters. The van der Waals surface area contributed by atoms with Crippen LogP contribution >= 0.6 is 0 Å². The Morgan fingerprint density at radius 2 is 1.91 bits per heavy atom. The van der Waals surface area contributed by atoms with E-state index < -0.39 is 0 Å². The Kier molecular flexibility index (Phi) is 6.21. The van der Waals surface area contributed by atoms with E-state index in [2.05, 4.69) is 37.4 Å². The van der Waals surface area contributed by atoms with E-state index in [0.29, 0.717) is 13.0 Å². The molecule has 0 heterocycles. The van der Waals surface area contributed by atoms with Crippen molar-refractivity contribution in [3.8, 4) is 5.75 Å². The minimum Gasteiger partial charge on any atom is -0.496 e. The lowest BCUT2D eigenvalue weighted by atomic mass is 9.97. The van der Waals surface area contributed by atoms with Gasteiger partial charge >= 0.3 is 0 Å². The molecule has 122 valence electrons. The maximum atomic E-state index is 12.1. The molecule has 1 N–H and O–H groups in total. The predicted octanol–water partition coefficient (Wildman–Crippen LogP) is 3.86. The molecule has 1 amide bonds. The molecule has 0 radical (unpaired) electrons. The van der Waals surface area contributed by atoms with Gasteiger partial charge in [-0.15, -0.1) is 0 Å². The molecule has 0 aliphatic rings. The van der Waals surface area contributed by atoms with Crippen LogP contribution in [0.1, 0.15) is 36.0 Å². The van der Waals surface area contributed by atoms with Gasteiger partial charge in [-0.25, -0.2) is 0 Å². The van der Waals surface area contributed by atoms with Gasteiger partial charge in [0.1, 0.15) is 5.75 Å². The maximum Gasteiger partial charge on any atom is 0.220 e. The average molecular weight is 311 g/mol. The van der Waals surface area contributed by atoms with Crippen molar-refractivity contribution in [3.05, 3.63) is 65.2 Å². The zero-order valence-corrected chi connectivity index (χ0v) is 14.1.